The molecule has 0 spiro atoms. The van der Waals surface area contributed by atoms with Crippen LogP contribution in [0.1, 0.15) is 53.3 Å². The number of amides is 1. The summed E-state index contributed by atoms with van der Waals surface area (Å²) in [7, 11) is 0. The number of carbonyl (C=O) groups excluding carboxylic acids is 1. The molecule has 0 aromatic carbocycles. The van der Waals surface area contributed by atoms with Gasteiger partial charge in [-0.05, 0) is 30.7 Å². The van der Waals surface area contributed by atoms with Crippen molar-refractivity contribution in [3.8, 4) is 0 Å². The third-order valence-corrected chi connectivity index (χ3v) is 3.66. The van der Waals surface area contributed by atoms with Crippen molar-refractivity contribution in [1.29, 1.82) is 0 Å². The number of carboxylic acids is 1. The minimum Gasteiger partial charge on any atom is -0.478 e. The zero-order chi connectivity index (χ0) is 13.9. The second kappa shape index (κ2) is 5.38. The Balaban J connectivity index is 2.03. The first kappa shape index (κ1) is 13.5. The summed E-state index contributed by atoms with van der Waals surface area (Å²) in [6, 6.07) is 1.44. The average Bonchev–Trinajstić information content (AvgIpc) is 3.17. The molecule has 1 aliphatic rings. The summed E-state index contributed by atoms with van der Waals surface area (Å²) < 4.78 is 0. The molecule has 5 heteroatoms. The fourth-order valence-electron chi connectivity index (χ4n) is 2.35. The maximum Gasteiger partial charge on any atom is 0.338 e. The van der Waals surface area contributed by atoms with E-state index in [4.69, 9.17) is 5.11 Å². The monoisotopic (exact) mass is 262 g/mol. The number of carbonyl (C=O) groups is 2. The van der Waals surface area contributed by atoms with Gasteiger partial charge >= 0.3 is 5.97 Å². The molecule has 0 atom stereocenters. The molecule has 0 saturated heterocycles. The van der Waals surface area contributed by atoms with Crippen LogP contribution >= 0.6 is 0 Å². The fraction of sp³-hybridized carbons (Fsp3) is 0.500. The maximum absolute atomic E-state index is 12.0. The van der Waals surface area contributed by atoms with Crippen LogP contribution in [0.4, 0.5) is 0 Å². The summed E-state index contributed by atoms with van der Waals surface area (Å²) in [5.41, 5.74) is 0.371. The van der Waals surface area contributed by atoms with Gasteiger partial charge in [0.2, 0.25) is 0 Å². The number of carboxylic acid groups (broad SMARTS) is 1. The summed E-state index contributed by atoms with van der Waals surface area (Å²) >= 11 is 0. The SMILES string of the molecule is CCCC1(CNC(=O)c2ccncc2C(=O)O)CC1. The Bertz CT molecular complexity index is 495. The van der Waals surface area contributed by atoms with Gasteiger partial charge in [0, 0.05) is 18.9 Å². The Kier molecular flexibility index (Phi) is 3.83. The van der Waals surface area contributed by atoms with E-state index in [0.29, 0.717) is 6.54 Å². The number of rotatable bonds is 6. The average molecular weight is 262 g/mol. The number of nitrogens with zero attached hydrogens (tertiary/aromatic N) is 1. The smallest absolute Gasteiger partial charge is 0.338 e. The Labute approximate surface area is 112 Å². The Morgan fingerprint density at radius 1 is 1.42 bits per heavy atom. The highest BCUT2D eigenvalue weighted by Gasteiger charge is 2.41. The summed E-state index contributed by atoms with van der Waals surface area (Å²) in [5.74, 6) is -1.46. The maximum atomic E-state index is 12.0. The zero-order valence-corrected chi connectivity index (χ0v) is 11.0. The van der Waals surface area contributed by atoms with Crippen LogP contribution < -0.4 is 5.32 Å². The van der Waals surface area contributed by atoms with Crippen molar-refractivity contribution >= 4 is 11.9 Å². The molecule has 0 radical (unpaired) electrons. The normalized spacial score (nSPS) is 15.8. The van der Waals surface area contributed by atoms with Crippen molar-refractivity contribution in [3.05, 3.63) is 29.6 Å². The lowest BCUT2D eigenvalue weighted by Crippen LogP contribution is -2.31. The first-order valence-electron chi connectivity index (χ1n) is 6.53. The van der Waals surface area contributed by atoms with E-state index >= 15 is 0 Å². The van der Waals surface area contributed by atoms with Gasteiger partial charge in [-0.25, -0.2) is 4.79 Å². The molecule has 1 heterocycles. The minimum atomic E-state index is -1.13. The third-order valence-electron chi connectivity index (χ3n) is 3.66. The fourth-order valence-corrected chi connectivity index (χ4v) is 2.35. The van der Waals surface area contributed by atoms with Gasteiger partial charge in [0.05, 0.1) is 11.1 Å². The molecule has 1 aliphatic carbocycles. The molecule has 0 unspecified atom stereocenters. The van der Waals surface area contributed by atoms with Crippen LogP contribution in [-0.2, 0) is 0 Å². The lowest BCUT2D eigenvalue weighted by molar-refractivity contribution is 0.0690. The number of aromatic nitrogens is 1. The molecule has 0 bridgehead atoms. The molecule has 1 aromatic heterocycles. The lowest BCUT2D eigenvalue weighted by Gasteiger charge is -2.15. The number of hydrogen-bond donors (Lipinski definition) is 2. The van der Waals surface area contributed by atoms with Crippen LogP contribution in [0.3, 0.4) is 0 Å². The minimum absolute atomic E-state index is 0.0552. The molecule has 0 aliphatic heterocycles. The van der Waals surface area contributed by atoms with E-state index in [1.807, 2.05) is 0 Å². The molecule has 5 nitrogen and oxygen atoms in total. The van der Waals surface area contributed by atoms with Crippen molar-refractivity contribution < 1.29 is 14.7 Å². The number of pyridine rings is 1. The van der Waals surface area contributed by atoms with Crippen LogP contribution in [0, 0.1) is 5.41 Å². The van der Waals surface area contributed by atoms with Gasteiger partial charge in [-0.3, -0.25) is 9.78 Å². The molecule has 1 saturated carbocycles. The number of nitrogens with one attached hydrogen (secondary N) is 1. The first-order chi connectivity index (χ1) is 9.08. The predicted octanol–water partition coefficient (Wildman–Crippen LogP) is 2.09. The van der Waals surface area contributed by atoms with Crippen LogP contribution in [-0.4, -0.2) is 28.5 Å². The quantitative estimate of drug-likeness (QED) is 0.822. The van der Waals surface area contributed by atoms with E-state index in [1.165, 1.54) is 18.5 Å². The van der Waals surface area contributed by atoms with Gasteiger partial charge in [-0.15, -0.1) is 0 Å². The standard InChI is InChI=1S/C14H18N2O3/c1-2-4-14(5-6-14)9-16-12(17)10-3-7-15-8-11(10)13(18)19/h3,7-8H,2,4-6,9H2,1H3,(H,16,17)(H,18,19). The van der Waals surface area contributed by atoms with Gasteiger partial charge in [-0.2, -0.15) is 0 Å². The van der Waals surface area contributed by atoms with E-state index in [-0.39, 0.29) is 22.4 Å². The van der Waals surface area contributed by atoms with Crippen LogP contribution in [0.25, 0.3) is 0 Å². The highest BCUT2D eigenvalue weighted by molar-refractivity contribution is 6.04. The Hall–Kier alpha value is -1.91. The topological polar surface area (TPSA) is 79.3 Å². The molecule has 1 fully saturated rings. The summed E-state index contributed by atoms with van der Waals surface area (Å²) in [6.45, 7) is 2.76. The number of aromatic carboxylic acids is 1. The molecule has 19 heavy (non-hydrogen) atoms. The molecular formula is C14H18N2O3. The number of hydrogen-bond acceptors (Lipinski definition) is 3. The van der Waals surface area contributed by atoms with E-state index < -0.39 is 5.97 Å². The second-order valence-electron chi connectivity index (χ2n) is 5.16. The first-order valence-corrected chi connectivity index (χ1v) is 6.53. The van der Waals surface area contributed by atoms with E-state index in [0.717, 1.165) is 25.7 Å². The molecule has 1 amide bonds. The van der Waals surface area contributed by atoms with Crippen molar-refractivity contribution in [2.45, 2.75) is 32.6 Å². The zero-order valence-electron chi connectivity index (χ0n) is 11.0. The molecule has 1 aromatic rings. The van der Waals surface area contributed by atoms with Crippen molar-refractivity contribution in [1.82, 2.24) is 10.3 Å². The van der Waals surface area contributed by atoms with Crippen LogP contribution in [0.5, 0.6) is 0 Å². The van der Waals surface area contributed by atoms with Crippen molar-refractivity contribution in [2.75, 3.05) is 6.54 Å². The van der Waals surface area contributed by atoms with Crippen molar-refractivity contribution in [2.24, 2.45) is 5.41 Å². The van der Waals surface area contributed by atoms with Gasteiger partial charge < -0.3 is 10.4 Å². The molecule has 2 N–H and O–H groups in total. The predicted molar refractivity (Wildman–Crippen MR) is 70.1 cm³/mol. The highest BCUT2D eigenvalue weighted by atomic mass is 16.4. The van der Waals surface area contributed by atoms with E-state index in [9.17, 15) is 9.59 Å². The van der Waals surface area contributed by atoms with Gasteiger partial charge in [-0.1, -0.05) is 13.3 Å². The lowest BCUT2D eigenvalue weighted by atomic mass is 10.0. The van der Waals surface area contributed by atoms with Gasteiger partial charge in [0.1, 0.15) is 0 Å². The Morgan fingerprint density at radius 2 is 2.16 bits per heavy atom. The summed E-state index contributed by atoms with van der Waals surface area (Å²) in [4.78, 5) is 26.8. The highest BCUT2D eigenvalue weighted by Crippen LogP contribution is 2.48. The van der Waals surface area contributed by atoms with E-state index in [1.54, 1.807) is 0 Å². The summed E-state index contributed by atoms with van der Waals surface area (Å²) in [6.07, 6.45) is 7.13. The van der Waals surface area contributed by atoms with Crippen molar-refractivity contribution in [3.63, 3.8) is 0 Å². The summed E-state index contributed by atoms with van der Waals surface area (Å²) in [5, 5.41) is 11.9. The largest absolute Gasteiger partial charge is 0.478 e. The van der Waals surface area contributed by atoms with Crippen LogP contribution in [0.2, 0.25) is 0 Å². The molecule has 2 rings (SSSR count). The van der Waals surface area contributed by atoms with Gasteiger partial charge in [0.15, 0.2) is 0 Å². The third kappa shape index (κ3) is 3.10. The molecular weight excluding hydrogens is 244 g/mol. The van der Waals surface area contributed by atoms with Gasteiger partial charge in [0.25, 0.3) is 5.91 Å². The van der Waals surface area contributed by atoms with Crippen LogP contribution in [0.15, 0.2) is 18.5 Å². The second-order valence-corrected chi connectivity index (χ2v) is 5.16. The van der Waals surface area contributed by atoms with E-state index in [2.05, 4.69) is 17.2 Å². The Morgan fingerprint density at radius 3 is 2.74 bits per heavy atom. The molecule has 102 valence electrons.